The Morgan fingerprint density at radius 1 is 1.18 bits per heavy atom. The number of benzene rings is 1. The van der Waals surface area contributed by atoms with Crippen LogP contribution in [-0.2, 0) is 16.0 Å². The van der Waals surface area contributed by atoms with Crippen molar-refractivity contribution in [2.45, 2.75) is 38.6 Å². The van der Waals surface area contributed by atoms with E-state index in [0.717, 1.165) is 24.8 Å². The molecular formula is C16H26ClN3O2. The molecule has 1 rings (SSSR count). The molecule has 2 amide bonds. The summed E-state index contributed by atoms with van der Waals surface area (Å²) in [6.07, 6.45) is 3.25. The van der Waals surface area contributed by atoms with Crippen LogP contribution < -0.4 is 16.4 Å². The van der Waals surface area contributed by atoms with Crippen molar-refractivity contribution in [3.8, 4) is 0 Å². The van der Waals surface area contributed by atoms with Crippen LogP contribution in [0.3, 0.4) is 0 Å². The van der Waals surface area contributed by atoms with E-state index in [0.29, 0.717) is 6.54 Å². The zero-order valence-electron chi connectivity index (χ0n) is 13.0. The number of carbonyl (C=O) groups is 2. The van der Waals surface area contributed by atoms with E-state index in [9.17, 15) is 9.59 Å². The molecule has 6 heteroatoms. The molecule has 0 spiro atoms. The molecule has 0 saturated heterocycles. The third kappa shape index (κ3) is 8.64. The molecule has 124 valence electrons. The zero-order valence-corrected chi connectivity index (χ0v) is 13.8. The summed E-state index contributed by atoms with van der Waals surface area (Å²) in [7, 11) is 0. The summed E-state index contributed by atoms with van der Waals surface area (Å²) in [6, 6.07) is 9.43. The van der Waals surface area contributed by atoms with Gasteiger partial charge in [-0.3, -0.25) is 9.59 Å². The molecule has 0 fully saturated rings. The van der Waals surface area contributed by atoms with E-state index in [1.807, 2.05) is 30.3 Å². The fourth-order valence-electron chi connectivity index (χ4n) is 2.00. The Hall–Kier alpha value is -1.59. The highest BCUT2D eigenvalue weighted by atomic mass is 35.5. The van der Waals surface area contributed by atoms with Gasteiger partial charge in [-0.25, -0.2) is 0 Å². The molecule has 1 unspecified atom stereocenters. The topological polar surface area (TPSA) is 84.2 Å². The first-order valence-electron chi connectivity index (χ1n) is 7.45. The maximum Gasteiger partial charge on any atom is 0.239 e. The van der Waals surface area contributed by atoms with Crippen molar-refractivity contribution in [1.29, 1.82) is 0 Å². The molecule has 4 N–H and O–H groups in total. The third-order valence-electron chi connectivity index (χ3n) is 3.21. The molecule has 0 heterocycles. The van der Waals surface area contributed by atoms with Crippen LogP contribution in [0.2, 0.25) is 0 Å². The summed E-state index contributed by atoms with van der Waals surface area (Å²) in [5.74, 6) is -0.350. The van der Waals surface area contributed by atoms with E-state index < -0.39 is 0 Å². The summed E-state index contributed by atoms with van der Waals surface area (Å²) in [4.78, 5) is 23.5. The maximum absolute atomic E-state index is 11.8. The van der Waals surface area contributed by atoms with E-state index in [1.54, 1.807) is 0 Å². The number of carbonyl (C=O) groups excluding carboxylic acids is 2. The fraction of sp³-hybridized carbons (Fsp3) is 0.500. The Balaban J connectivity index is 0.00000441. The van der Waals surface area contributed by atoms with Gasteiger partial charge >= 0.3 is 0 Å². The lowest BCUT2D eigenvalue weighted by molar-refractivity contribution is -0.126. The SMILES string of the molecule is CCCCC(CN)NC(=O)CNC(=O)Cc1ccccc1.Cl. The predicted molar refractivity (Wildman–Crippen MR) is 90.9 cm³/mol. The maximum atomic E-state index is 11.8. The Labute approximate surface area is 138 Å². The molecule has 5 nitrogen and oxygen atoms in total. The second-order valence-corrected chi connectivity index (χ2v) is 5.08. The standard InChI is InChI=1S/C16H25N3O2.ClH/c1-2-3-9-14(11-17)19-16(21)12-18-15(20)10-13-7-5-4-6-8-13;/h4-8,14H,2-3,9-12,17H2,1H3,(H,18,20)(H,19,21);1H. The van der Waals surface area contributed by atoms with E-state index in [-0.39, 0.29) is 43.2 Å². The number of nitrogens with two attached hydrogens (primary N) is 1. The fourth-order valence-corrected chi connectivity index (χ4v) is 2.00. The molecule has 0 radical (unpaired) electrons. The summed E-state index contributed by atoms with van der Waals surface area (Å²) >= 11 is 0. The number of hydrogen-bond acceptors (Lipinski definition) is 3. The van der Waals surface area contributed by atoms with Gasteiger partial charge in [0.25, 0.3) is 0 Å². The van der Waals surface area contributed by atoms with E-state index in [1.165, 1.54) is 0 Å². The number of halogens is 1. The van der Waals surface area contributed by atoms with Crippen LogP contribution in [0.5, 0.6) is 0 Å². The molecule has 1 aromatic carbocycles. The van der Waals surface area contributed by atoms with Crippen molar-refractivity contribution < 1.29 is 9.59 Å². The van der Waals surface area contributed by atoms with Crippen LogP contribution >= 0.6 is 12.4 Å². The van der Waals surface area contributed by atoms with Gasteiger partial charge < -0.3 is 16.4 Å². The van der Waals surface area contributed by atoms with Gasteiger partial charge in [0, 0.05) is 12.6 Å². The quantitative estimate of drug-likeness (QED) is 0.641. The van der Waals surface area contributed by atoms with Gasteiger partial charge in [-0.15, -0.1) is 12.4 Å². The average molecular weight is 328 g/mol. The van der Waals surface area contributed by atoms with Gasteiger partial charge in [-0.2, -0.15) is 0 Å². The molecule has 1 atom stereocenters. The van der Waals surface area contributed by atoms with Gasteiger partial charge in [0.15, 0.2) is 0 Å². The molecule has 0 aliphatic rings. The number of unbranched alkanes of at least 4 members (excludes halogenated alkanes) is 1. The first-order valence-corrected chi connectivity index (χ1v) is 7.45. The van der Waals surface area contributed by atoms with Crippen LogP contribution in [0.4, 0.5) is 0 Å². The van der Waals surface area contributed by atoms with Gasteiger partial charge in [0.1, 0.15) is 0 Å². The number of amides is 2. The van der Waals surface area contributed by atoms with E-state index in [2.05, 4.69) is 17.6 Å². The van der Waals surface area contributed by atoms with Crippen molar-refractivity contribution in [2.24, 2.45) is 5.73 Å². The summed E-state index contributed by atoms with van der Waals surface area (Å²) in [5.41, 5.74) is 6.55. The molecule has 22 heavy (non-hydrogen) atoms. The Morgan fingerprint density at radius 2 is 1.86 bits per heavy atom. The lowest BCUT2D eigenvalue weighted by Crippen LogP contribution is -2.45. The normalized spacial score (nSPS) is 11.2. The minimum Gasteiger partial charge on any atom is -0.351 e. The third-order valence-corrected chi connectivity index (χ3v) is 3.21. The number of hydrogen-bond donors (Lipinski definition) is 3. The van der Waals surface area contributed by atoms with Gasteiger partial charge in [0.05, 0.1) is 13.0 Å². The number of nitrogens with one attached hydrogen (secondary N) is 2. The molecule has 0 saturated carbocycles. The molecule has 0 aliphatic carbocycles. The van der Waals surface area contributed by atoms with E-state index in [4.69, 9.17) is 5.73 Å². The minimum absolute atomic E-state index is 0. The molecule has 0 aliphatic heterocycles. The predicted octanol–water partition coefficient (Wildman–Crippen LogP) is 1.40. The molecule has 1 aromatic rings. The van der Waals surface area contributed by atoms with Crippen molar-refractivity contribution in [3.63, 3.8) is 0 Å². The van der Waals surface area contributed by atoms with Gasteiger partial charge in [-0.05, 0) is 12.0 Å². The highest BCUT2D eigenvalue weighted by Crippen LogP contribution is 2.00. The number of rotatable bonds is 9. The van der Waals surface area contributed by atoms with Gasteiger partial charge in [-0.1, -0.05) is 50.1 Å². The first kappa shape index (κ1) is 20.4. The van der Waals surface area contributed by atoms with Crippen molar-refractivity contribution in [2.75, 3.05) is 13.1 Å². The largest absolute Gasteiger partial charge is 0.351 e. The minimum atomic E-state index is -0.192. The van der Waals surface area contributed by atoms with E-state index >= 15 is 0 Å². The van der Waals surface area contributed by atoms with Crippen LogP contribution in [0.1, 0.15) is 31.7 Å². The summed E-state index contributed by atoms with van der Waals surface area (Å²) in [5, 5.41) is 5.47. The van der Waals surface area contributed by atoms with Gasteiger partial charge in [0.2, 0.25) is 11.8 Å². The average Bonchev–Trinajstić information content (AvgIpc) is 2.50. The highest BCUT2D eigenvalue weighted by molar-refractivity contribution is 5.86. The lowest BCUT2D eigenvalue weighted by Gasteiger charge is -2.16. The summed E-state index contributed by atoms with van der Waals surface area (Å²) in [6.45, 7) is 2.51. The van der Waals surface area contributed by atoms with Crippen molar-refractivity contribution >= 4 is 24.2 Å². The van der Waals surface area contributed by atoms with Crippen LogP contribution in [0, 0.1) is 0 Å². The Kier molecular flexibility index (Phi) is 11.1. The smallest absolute Gasteiger partial charge is 0.239 e. The lowest BCUT2D eigenvalue weighted by atomic mass is 10.1. The molecule has 0 bridgehead atoms. The van der Waals surface area contributed by atoms with Crippen LogP contribution in [0.15, 0.2) is 30.3 Å². The molecular weight excluding hydrogens is 302 g/mol. The molecule has 0 aromatic heterocycles. The van der Waals surface area contributed by atoms with Crippen LogP contribution in [-0.4, -0.2) is 30.9 Å². The Bertz CT molecular complexity index is 440. The van der Waals surface area contributed by atoms with Crippen molar-refractivity contribution in [3.05, 3.63) is 35.9 Å². The Morgan fingerprint density at radius 3 is 2.45 bits per heavy atom. The second kappa shape index (κ2) is 12.0. The summed E-state index contributed by atoms with van der Waals surface area (Å²) < 4.78 is 0. The van der Waals surface area contributed by atoms with Crippen LogP contribution in [0.25, 0.3) is 0 Å². The second-order valence-electron chi connectivity index (χ2n) is 5.08. The zero-order chi connectivity index (χ0) is 15.5. The van der Waals surface area contributed by atoms with Crippen molar-refractivity contribution in [1.82, 2.24) is 10.6 Å². The first-order chi connectivity index (χ1) is 10.2. The monoisotopic (exact) mass is 327 g/mol. The highest BCUT2D eigenvalue weighted by Gasteiger charge is 2.11.